The molecule has 3 heteroatoms. The highest BCUT2D eigenvalue weighted by atomic mass is 35.5. The van der Waals surface area contributed by atoms with Crippen LogP contribution in [0.2, 0.25) is 0 Å². The lowest BCUT2D eigenvalue weighted by Crippen LogP contribution is -2.33. The van der Waals surface area contributed by atoms with Crippen LogP contribution in [-0.4, -0.2) is 17.8 Å². The number of nitrogens with one attached hydrogen (secondary N) is 1. The minimum atomic E-state index is -0.417. The van der Waals surface area contributed by atoms with Crippen molar-refractivity contribution in [3.05, 3.63) is 0 Å². The van der Waals surface area contributed by atoms with E-state index in [9.17, 15) is 4.79 Å². The summed E-state index contributed by atoms with van der Waals surface area (Å²) in [6.45, 7) is 6.70. The molecule has 12 heavy (non-hydrogen) atoms. The first-order valence-electron chi connectivity index (χ1n) is 4.53. The highest BCUT2D eigenvalue weighted by Gasteiger charge is 2.10. The molecule has 0 saturated heterocycles. The number of carbonyl (C=O) groups is 1. The van der Waals surface area contributed by atoms with Crippen molar-refractivity contribution in [1.29, 1.82) is 0 Å². The normalized spacial score (nSPS) is 13.1. The van der Waals surface area contributed by atoms with Gasteiger partial charge in [0.25, 0.3) is 0 Å². The molecule has 0 radical (unpaired) electrons. The third-order valence-electron chi connectivity index (χ3n) is 2.08. The lowest BCUT2D eigenvalue weighted by molar-refractivity contribution is -0.120. The van der Waals surface area contributed by atoms with E-state index in [1.807, 2.05) is 0 Å². The van der Waals surface area contributed by atoms with E-state index in [4.69, 9.17) is 11.6 Å². The number of halogens is 1. The maximum atomic E-state index is 11.0. The van der Waals surface area contributed by atoms with Crippen LogP contribution in [0.25, 0.3) is 0 Å². The third kappa shape index (κ3) is 4.60. The maximum Gasteiger partial charge on any atom is 0.237 e. The molecule has 0 aromatic heterocycles. The number of carbonyl (C=O) groups excluding carboxylic acids is 1. The topological polar surface area (TPSA) is 29.1 Å². The van der Waals surface area contributed by atoms with Gasteiger partial charge >= 0.3 is 0 Å². The fourth-order valence-electron chi connectivity index (χ4n) is 0.963. The van der Waals surface area contributed by atoms with Crippen LogP contribution in [0, 0.1) is 5.92 Å². The highest BCUT2D eigenvalue weighted by Crippen LogP contribution is 2.05. The minimum Gasteiger partial charge on any atom is -0.355 e. The Morgan fingerprint density at radius 1 is 1.42 bits per heavy atom. The number of rotatable bonds is 5. The van der Waals surface area contributed by atoms with Crippen LogP contribution >= 0.6 is 11.6 Å². The first-order valence-corrected chi connectivity index (χ1v) is 4.97. The van der Waals surface area contributed by atoms with Gasteiger partial charge in [0.1, 0.15) is 5.38 Å². The van der Waals surface area contributed by atoms with Crippen LogP contribution in [0.4, 0.5) is 0 Å². The van der Waals surface area contributed by atoms with E-state index in [0.717, 1.165) is 19.4 Å². The van der Waals surface area contributed by atoms with Crippen LogP contribution in [0.1, 0.15) is 33.6 Å². The zero-order valence-electron chi connectivity index (χ0n) is 8.06. The average Bonchev–Trinajstić information content (AvgIpc) is 2.05. The fourth-order valence-corrected chi connectivity index (χ4v) is 1.04. The SMILES string of the molecule is CCC(CC)CNC(=O)C(C)Cl. The van der Waals surface area contributed by atoms with E-state index in [1.165, 1.54) is 0 Å². The Morgan fingerprint density at radius 2 is 1.92 bits per heavy atom. The number of amides is 1. The van der Waals surface area contributed by atoms with Crippen LogP contribution in [-0.2, 0) is 4.79 Å². The van der Waals surface area contributed by atoms with Crippen molar-refractivity contribution >= 4 is 17.5 Å². The monoisotopic (exact) mass is 191 g/mol. The molecular weight excluding hydrogens is 174 g/mol. The predicted molar refractivity (Wildman–Crippen MR) is 52.4 cm³/mol. The van der Waals surface area contributed by atoms with Crippen molar-refractivity contribution in [2.24, 2.45) is 5.92 Å². The molecule has 0 aromatic rings. The van der Waals surface area contributed by atoms with Crippen LogP contribution in [0.15, 0.2) is 0 Å². The van der Waals surface area contributed by atoms with Gasteiger partial charge in [-0.15, -0.1) is 11.6 Å². The molecule has 0 aromatic carbocycles. The summed E-state index contributed by atoms with van der Waals surface area (Å²) in [6, 6.07) is 0. The van der Waals surface area contributed by atoms with Crippen molar-refractivity contribution in [1.82, 2.24) is 5.32 Å². The zero-order valence-corrected chi connectivity index (χ0v) is 8.82. The van der Waals surface area contributed by atoms with Gasteiger partial charge in [0.15, 0.2) is 0 Å². The summed E-state index contributed by atoms with van der Waals surface area (Å²) in [5, 5.41) is 2.40. The van der Waals surface area contributed by atoms with Crippen molar-refractivity contribution in [2.75, 3.05) is 6.54 Å². The Labute approximate surface area is 79.7 Å². The number of hydrogen-bond acceptors (Lipinski definition) is 1. The van der Waals surface area contributed by atoms with Crippen molar-refractivity contribution in [3.63, 3.8) is 0 Å². The van der Waals surface area contributed by atoms with Crippen LogP contribution < -0.4 is 5.32 Å². The Morgan fingerprint density at radius 3 is 2.25 bits per heavy atom. The number of alkyl halides is 1. The van der Waals surface area contributed by atoms with E-state index in [0.29, 0.717) is 5.92 Å². The number of hydrogen-bond donors (Lipinski definition) is 1. The first-order chi connectivity index (χ1) is 5.61. The second-order valence-electron chi connectivity index (χ2n) is 3.04. The van der Waals surface area contributed by atoms with Gasteiger partial charge in [-0.3, -0.25) is 4.79 Å². The van der Waals surface area contributed by atoms with Crippen LogP contribution in [0.5, 0.6) is 0 Å². The third-order valence-corrected chi connectivity index (χ3v) is 2.28. The van der Waals surface area contributed by atoms with Gasteiger partial charge in [-0.05, 0) is 12.8 Å². The molecule has 0 saturated carbocycles. The van der Waals surface area contributed by atoms with E-state index in [1.54, 1.807) is 6.92 Å². The first kappa shape index (κ1) is 11.8. The summed E-state index contributed by atoms with van der Waals surface area (Å²) in [5.41, 5.74) is 0. The van der Waals surface area contributed by atoms with E-state index in [2.05, 4.69) is 19.2 Å². The summed E-state index contributed by atoms with van der Waals surface area (Å²) in [6.07, 6.45) is 2.21. The lowest BCUT2D eigenvalue weighted by atomic mass is 10.0. The molecule has 0 spiro atoms. The van der Waals surface area contributed by atoms with Gasteiger partial charge < -0.3 is 5.32 Å². The van der Waals surface area contributed by atoms with Gasteiger partial charge in [0, 0.05) is 6.54 Å². The van der Waals surface area contributed by atoms with Crippen molar-refractivity contribution in [3.8, 4) is 0 Å². The molecule has 1 N–H and O–H groups in total. The summed E-state index contributed by atoms with van der Waals surface area (Å²) in [4.78, 5) is 11.0. The fraction of sp³-hybridized carbons (Fsp3) is 0.889. The Hall–Kier alpha value is -0.240. The van der Waals surface area contributed by atoms with E-state index >= 15 is 0 Å². The molecule has 1 amide bonds. The highest BCUT2D eigenvalue weighted by molar-refractivity contribution is 6.30. The Balaban J connectivity index is 3.59. The maximum absolute atomic E-state index is 11.0. The second kappa shape index (κ2) is 6.30. The Kier molecular flexibility index (Phi) is 6.17. The van der Waals surface area contributed by atoms with Crippen molar-refractivity contribution < 1.29 is 4.79 Å². The summed E-state index contributed by atoms with van der Waals surface area (Å²) >= 11 is 5.59. The van der Waals surface area contributed by atoms with Crippen LogP contribution in [0.3, 0.4) is 0 Å². The summed E-state index contributed by atoms with van der Waals surface area (Å²) in [7, 11) is 0. The minimum absolute atomic E-state index is 0.0661. The molecular formula is C9H18ClNO. The molecule has 0 bridgehead atoms. The molecule has 0 fully saturated rings. The molecule has 0 aliphatic carbocycles. The second-order valence-corrected chi connectivity index (χ2v) is 3.70. The largest absolute Gasteiger partial charge is 0.355 e. The zero-order chi connectivity index (χ0) is 9.56. The molecule has 2 nitrogen and oxygen atoms in total. The molecule has 0 heterocycles. The predicted octanol–water partition coefficient (Wildman–Crippen LogP) is 2.17. The molecule has 1 unspecified atom stereocenters. The standard InChI is InChI=1S/C9H18ClNO/c1-4-8(5-2)6-11-9(12)7(3)10/h7-8H,4-6H2,1-3H3,(H,11,12). The molecule has 72 valence electrons. The van der Waals surface area contributed by atoms with Crippen molar-refractivity contribution in [2.45, 2.75) is 39.0 Å². The van der Waals surface area contributed by atoms with E-state index < -0.39 is 5.38 Å². The smallest absolute Gasteiger partial charge is 0.237 e. The average molecular weight is 192 g/mol. The molecule has 0 aliphatic heterocycles. The lowest BCUT2D eigenvalue weighted by Gasteiger charge is -2.13. The van der Waals surface area contributed by atoms with Gasteiger partial charge in [0.05, 0.1) is 0 Å². The molecule has 1 atom stereocenters. The van der Waals surface area contributed by atoms with Gasteiger partial charge in [-0.1, -0.05) is 26.7 Å². The molecule has 0 aliphatic rings. The van der Waals surface area contributed by atoms with Gasteiger partial charge in [-0.2, -0.15) is 0 Å². The van der Waals surface area contributed by atoms with Gasteiger partial charge in [-0.25, -0.2) is 0 Å². The van der Waals surface area contributed by atoms with E-state index in [-0.39, 0.29) is 5.91 Å². The Bertz CT molecular complexity index is 132. The summed E-state index contributed by atoms with van der Waals surface area (Å²) in [5.74, 6) is 0.521. The van der Waals surface area contributed by atoms with Gasteiger partial charge in [0.2, 0.25) is 5.91 Å². The quantitative estimate of drug-likeness (QED) is 0.664. The summed E-state index contributed by atoms with van der Waals surface area (Å²) < 4.78 is 0. The molecule has 0 rings (SSSR count).